The summed E-state index contributed by atoms with van der Waals surface area (Å²) in [5, 5.41) is 0. The Bertz CT molecular complexity index is 222. The van der Waals surface area contributed by atoms with Crippen LogP contribution in [-0.4, -0.2) is 49.8 Å². The van der Waals surface area contributed by atoms with E-state index in [0.29, 0.717) is 0 Å². The quantitative estimate of drug-likeness (QED) is 0.443. The molecule has 0 saturated carbocycles. The van der Waals surface area contributed by atoms with Crippen molar-refractivity contribution >= 4 is 11.8 Å². The molecule has 66 valence electrons. The summed E-state index contributed by atoms with van der Waals surface area (Å²) in [6.45, 7) is 0. The lowest BCUT2D eigenvalue weighted by Gasteiger charge is -2.04. The highest BCUT2D eigenvalue weighted by molar-refractivity contribution is 6.02. The van der Waals surface area contributed by atoms with E-state index in [1.807, 2.05) is 0 Å². The fourth-order valence-corrected chi connectivity index (χ4v) is 0.331. The Kier molecular flexibility index (Phi) is 3.84. The van der Waals surface area contributed by atoms with Crippen molar-refractivity contribution in [2.75, 3.05) is 28.2 Å². The highest BCUT2D eigenvalue weighted by Crippen LogP contribution is 1.77. The fraction of sp³-hybridized carbons (Fsp3) is 0.500. The van der Waals surface area contributed by atoms with Crippen LogP contribution in [0, 0.1) is 11.8 Å². The number of carbonyl (C=O) groups excluding carboxylic acids is 2. The molecule has 4 nitrogen and oxygen atoms in total. The summed E-state index contributed by atoms with van der Waals surface area (Å²) in [5.74, 6) is 3.68. The van der Waals surface area contributed by atoms with Crippen molar-refractivity contribution in [2.45, 2.75) is 0 Å². The lowest BCUT2D eigenvalue weighted by molar-refractivity contribution is -0.124. The zero-order chi connectivity index (χ0) is 9.72. The molecule has 0 bridgehead atoms. The molecule has 4 heteroatoms. The van der Waals surface area contributed by atoms with Gasteiger partial charge in [-0.15, -0.1) is 0 Å². The second kappa shape index (κ2) is 4.39. The molecule has 0 radical (unpaired) electrons. The van der Waals surface area contributed by atoms with Gasteiger partial charge in [-0.1, -0.05) is 0 Å². The third kappa shape index (κ3) is 3.62. The van der Waals surface area contributed by atoms with Crippen LogP contribution in [0.5, 0.6) is 0 Å². The van der Waals surface area contributed by atoms with E-state index in [1.165, 1.54) is 9.80 Å². The lowest BCUT2D eigenvalue weighted by atomic mass is 10.5. The van der Waals surface area contributed by atoms with E-state index in [9.17, 15) is 9.59 Å². The molecular weight excluding hydrogens is 156 g/mol. The molecule has 0 rings (SSSR count). The monoisotopic (exact) mass is 168 g/mol. The minimum absolute atomic E-state index is 0.370. The molecule has 0 aliphatic carbocycles. The molecule has 0 fully saturated rings. The SMILES string of the molecule is CN(C)C(=O)C#CC(=O)N(C)C. The van der Waals surface area contributed by atoms with Crippen LogP contribution < -0.4 is 0 Å². The van der Waals surface area contributed by atoms with Gasteiger partial charge in [-0.25, -0.2) is 0 Å². The van der Waals surface area contributed by atoms with Crippen LogP contribution >= 0.6 is 0 Å². The molecule has 12 heavy (non-hydrogen) atoms. The van der Waals surface area contributed by atoms with Crippen LogP contribution in [0.15, 0.2) is 0 Å². The Morgan fingerprint density at radius 1 is 0.833 bits per heavy atom. The maximum Gasteiger partial charge on any atom is 0.298 e. The summed E-state index contributed by atoms with van der Waals surface area (Å²) in [6, 6.07) is 0. The van der Waals surface area contributed by atoms with Gasteiger partial charge in [0.25, 0.3) is 11.8 Å². The van der Waals surface area contributed by atoms with Gasteiger partial charge in [-0.3, -0.25) is 9.59 Å². The van der Waals surface area contributed by atoms with Crippen molar-refractivity contribution in [1.82, 2.24) is 9.80 Å². The molecule has 2 amide bonds. The summed E-state index contributed by atoms with van der Waals surface area (Å²) in [5.41, 5.74) is 0. The minimum atomic E-state index is -0.370. The highest BCUT2D eigenvalue weighted by atomic mass is 16.2. The lowest BCUT2D eigenvalue weighted by Crippen LogP contribution is -2.22. The number of amides is 2. The Morgan fingerprint density at radius 3 is 1.25 bits per heavy atom. The van der Waals surface area contributed by atoms with Crippen LogP contribution in [0.1, 0.15) is 0 Å². The first-order valence-corrected chi connectivity index (χ1v) is 3.39. The second-order valence-electron chi connectivity index (χ2n) is 2.65. The molecule has 0 aromatic rings. The fourth-order valence-electron chi connectivity index (χ4n) is 0.331. The summed E-state index contributed by atoms with van der Waals surface area (Å²) >= 11 is 0. The average molecular weight is 168 g/mol. The van der Waals surface area contributed by atoms with Crippen molar-refractivity contribution in [3.8, 4) is 11.8 Å². The van der Waals surface area contributed by atoms with Gasteiger partial charge in [-0.2, -0.15) is 0 Å². The number of carbonyl (C=O) groups is 2. The molecule has 0 spiro atoms. The summed E-state index contributed by atoms with van der Waals surface area (Å²) < 4.78 is 0. The Hall–Kier alpha value is -1.50. The van der Waals surface area contributed by atoms with E-state index in [1.54, 1.807) is 28.2 Å². The average Bonchev–Trinajstić information content (AvgIpc) is 1.98. The van der Waals surface area contributed by atoms with Crippen molar-refractivity contribution < 1.29 is 9.59 Å². The first-order chi connectivity index (χ1) is 5.45. The molecule has 0 aliphatic heterocycles. The van der Waals surface area contributed by atoms with Gasteiger partial charge in [0, 0.05) is 40.0 Å². The Labute approximate surface area is 72.1 Å². The second-order valence-corrected chi connectivity index (χ2v) is 2.65. The summed E-state index contributed by atoms with van der Waals surface area (Å²) in [6.07, 6.45) is 0. The smallest absolute Gasteiger partial charge is 0.298 e. The van der Waals surface area contributed by atoms with E-state index in [4.69, 9.17) is 0 Å². The molecule has 0 aromatic heterocycles. The van der Waals surface area contributed by atoms with Gasteiger partial charge in [0.15, 0.2) is 0 Å². The highest BCUT2D eigenvalue weighted by Gasteiger charge is 2.00. The van der Waals surface area contributed by atoms with Gasteiger partial charge in [0.1, 0.15) is 0 Å². The summed E-state index contributed by atoms with van der Waals surface area (Å²) in [7, 11) is 6.32. The van der Waals surface area contributed by atoms with Gasteiger partial charge < -0.3 is 9.80 Å². The van der Waals surface area contributed by atoms with E-state index in [2.05, 4.69) is 11.8 Å². The predicted molar refractivity (Wildman–Crippen MR) is 45.2 cm³/mol. The van der Waals surface area contributed by atoms with E-state index < -0.39 is 0 Å². The zero-order valence-electron chi connectivity index (χ0n) is 7.71. The summed E-state index contributed by atoms with van der Waals surface area (Å²) in [4.78, 5) is 24.3. The first-order valence-electron chi connectivity index (χ1n) is 3.39. The van der Waals surface area contributed by atoms with Crippen LogP contribution in [0.2, 0.25) is 0 Å². The van der Waals surface area contributed by atoms with Crippen molar-refractivity contribution in [3.05, 3.63) is 0 Å². The number of nitrogens with zero attached hydrogens (tertiary/aromatic N) is 2. The van der Waals surface area contributed by atoms with Crippen LogP contribution in [0.25, 0.3) is 0 Å². The van der Waals surface area contributed by atoms with Crippen molar-refractivity contribution in [3.63, 3.8) is 0 Å². The largest absolute Gasteiger partial charge is 0.338 e. The maximum absolute atomic E-state index is 10.9. The number of hydrogen-bond acceptors (Lipinski definition) is 2. The molecule has 0 heterocycles. The van der Waals surface area contributed by atoms with Crippen molar-refractivity contribution in [1.29, 1.82) is 0 Å². The zero-order valence-corrected chi connectivity index (χ0v) is 7.71. The normalized spacial score (nSPS) is 8.00. The topological polar surface area (TPSA) is 40.6 Å². The third-order valence-corrected chi connectivity index (χ3v) is 1.09. The molecule has 0 atom stereocenters. The van der Waals surface area contributed by atoms with Crippen LogP contribution in [0.4, 0.5) is 0 Å². The Morgan fingerprint density at radius 2 is 1.08 bits per heavy atom. The van der Waals surface area contributed by atoms with Gasteiger partial charge in [-0.05, 0) is 0 Å². The van der Waals surface area contributed by atoms with E-state index >= 15 is 0 Å². The third-order valence-electron chi connectivity index (χ3n) is 1.09. The van der Waals surface area contributed by atoms with Crippen LogP contribution in [0.3, 0.4) is 0 Å². The Balaban J connectivity index is 4.22. The molecule has 0 aliphatic rings. The van der Waals surface area contributed by atoms with Gasteiger partial charge in [0.05, 0.1) is 0 Å². The minimum Gasteiger partial charge on any atom is -0.338 e. The first kappa shape index (κ1) is 10.5. The van der Waals surface area contributed by atoms with Gasteiger partial charge >= 0.3 is 0 Å². The molecule has 0 unspecified atom stereocenters. The van der Waals surface area contributed by atoms with Crippen LogP contribution in [-0.2, 0) is 9.59 Å². The molecular formula is C8H12N2O2. The van der Waals surface area contributed by atoms with Crippen molar-refractivity contribution in [2.24, 2.45) is 0 Å². The predicted octanol–water partition coefficient (Wildman–Crippen LogP) is -0.834. The number of hydrogen-bond donors (Lipinski definition) is 0. The van der Waals surface area contributed by atoms with E-state index in [-0.39, 0.29) is 11.8 Å². The van der Waals surface area contributed by atoms with Gasteiger partial charge in [0.2, 0.25) is 0 Å². The molecule has 0 saturated heterocycles. The van der Waals surface area contributed by atoms with E-state index in [0.717, 1.165) is 0 Å². The maximum atomic E-state index is 10.9. The molecule has 0 N–H and O–H groups in total. The molecule has 0 aromatic carbocycles. The number of rotatable bonds is 0. The standard InChI is InChI=1S/C8H12N2O2/c1-9(2)7(11)5-6-8(12)10(3)4/h1-4H3.